The molecule has 1 atom stereocenters. The van der Waals surface area contributed by atoms with Crippen LogP contribution in [0.5, 0.6) is 0 Å². The highest BCUT2D eigenvalue weighted by molar-refractivity contribution is 5.76. The Kier molecular flexibility index (Phi) is 4.16. The van der Waals surface area contributed by atoms with Gasteiger partial charge in [-0.2, -0.15) is 0 Å². The third kappa shape index (κ3) is 5.01. The van der Waals surface area contributed by atoms with Crippen molar-refractivity contribution in [2.75, 3.05) is 0 Å². The van der Waals surface area contributed by atoms with E-state index in [-0.39, 0.29) is 17.4 Å². The minimum Gasteiger partial charge on any atom is -0.469 e. The van der Waals surface area contributed by atoms with Gasteiger partial charge in [0, 0.05) is 18.9 Å². The number of rotatable bonds is 4. The van der Waals surface area contributed by atoms with Gasteiger partial charge in [-0.3, -0.25) is 4.79 Å². The van der Waals surface area contributed by atoms with E-state index in [1.165, 1.54) is 0 Å². The quantitative estimate of drug-likeness (QED) is 0.852. The van der Waals surface area contributed by atoms with Crippen LogP contribution in [0.3, 0.4) is 0 Å². The first-order chi connectivity index (χ1) is 7.37. The molecule has 16 heavy (non-hydrogen) atoms. The first-order valence-corrected chi connectivity index (χ1v) is 5.68. The molecule has 1 amide bonds. The minimum absolute atomic E-state index is 0.0362. The SMILES string of the molecule is C[C@@H](Cc1ccco1)NC(=O)CC(C)(C)C. The normalized spacial score (nSPS) is 13.5. The van der Waals surface area contributed by atoms with E-state index in [0.717, 1.165) is 12.2 Å². The van der Waals surface area contributed by atoms with Crippen LogP contribution in [-0.4, -0.2) is 11.9 Å². The molecule has 0 radical (unpaired) electrons. The predicted molar refractivity (Wildman–Crippen MR) is 64.1 cm³/mol. The molecule has 0 aliphatic rings. The molecule has 90 valence electrons. The predicted octanol–water partition coefficient (Wildman–Crippen LogP) is 2.76. The third-order valence-corrected chi connectivity index (χ3v) is 2.19. The Morgan fingerprint density at radius 3 is 2.69 bits per heavy atom. The minimum atomic E-state index is 0.0362. The van der Waals surface area contributed by atoms with E-state index in [4.69, 9.17) is 4.42 Å². The van der Waals surface area contributed by atoms with Crippen molar-refractivity contribution in [3.8, 4) is 0 Å². The van der Waals surface area contributed by atoms with Gasteiger partial charge in [0.05, 0.1) is 6.26 Å². The number of amides is 1. The summed E-state index contributed by atoms with van der Waals surface area (Å²) in [7, 11) is 0. The maximum absolute atomic E-state index is 11.7. The summed E-state index contributed by atoms with van der Waals surface area (Å²) >= 11 is 0. The summed E-state index contributed by atoms with van der Waals surface area (Å²) < 4.78 is 5.24. The number of furan rings is 1. The number of carbonyl (C=O) groups excluding carboxylic acids is 1. The van der Waals surface area contributed by atoms with Crippen molar-refractivity contribution in [1.82, 2.24) is 5.32 Å². The second-order valence-electron chi connectivity index (χ2n) is 5.49. The molecule has 0 aliphatic carbocycles. The Morgan fingerprint density at radius 1 is 1.50 bits per heavy atom. The second kappa shape index (κ2) is 5.19. The largest absolute Gasteiger partial charge is 0.469 e. The standard InChI is InChI=1S/C13H21NO2/c1-10(8-11-6-5-7-16-11)14-12(15)9-13(2,3)4/h5-7,10H,8-9H2,1-4H3,(H,14,15)/t10-/m0/s1. The van der Waals surface area contributed by atoms with Crippen LogP contribution in [-0.2, 0) is 11.2 Å². The smallest absolute Gasteiger partial charge is 0.220 e. The van der Waals surface area contributed by atoms with Crippen LogP contribution in [0.2, 0.25) is 0 Å². The highest BCUT2D eigenvalue weighted by atomic mass is 16.3. The van der Waals surface area contributed by atoms with E-state index in [0.29, 0.717) is 6.42 Å². The maximum atomic E-state index is 11.7. The van der Waals surface area contributed by atoms with E-state index < -0.39 is 0 Å². The number of carbonyl (C=O) groups is 1. The van der Waals surface area contributed by atoms with Gasteiger partial charge >= 0.3 is 0 Å². The lowest BCUT2D eigenvalue weighted by molar-refractivity contribution is -0.123. The topological polar surface area (TPSA) is 42.2 Å². The van der Waals surface area contributed by atoms with Crippen molar-refractivity contribution in [3.63, 3.8) is 0 Å². The zero-order chi connectivity index (χ0) is 12.2. The fraction of sp³-hybridized carbons (Fsp3) is 0.615. The van der Waals surface area contributed by atoms with Gasteiger partial charge in [0.15, 0.2) is 0 Å². The van der Waals surface area contributed by atoms with Crippen molar-refractivity contribution >= 4 is 5.91 Å². The van der Waals surface area contributed by atoms with Gasteiger partial charge in [-0.1, -0.05) is 20.8 Å². The molecule has 1 aromatic heterocycles. The van der Waals surface area contributed by atoms with Crippen LogP contribution in [0, 0.1) is 5.41 Å². The van der Waals surface area contributed by atoms with E-state index >= 15 is 0 Å². The molecular weight excluding hydrogens is 202 g/mol. The van der Waals surface area contributed by atoms with Gasteiger partial charge in [0.2, 0.25) is 5.91 Å². The average Bonchev–Trinajstić information content (AvgIpc) is 2.51. The summed E-state index contributed by atoms with van der Waals surface area (Å²) in [4.78, 5) is 11.7. The Balaban J connectivity index is 2.34. The Labute approximate surface area is 97.2 Å². The van der Waals surface area contributed by atoms with Crippen LogP contribution in [0.15, 0.2) is 22.8 Å². The molecule has 0 unspecified atom stereocenters. The summed E-state index contributed by atoms with van der Waals surface area (Å²) in [5.74, 6) is 1.01. The molecule has 1 rings (SSSR count). The average molecular weight is 223 g/mol. The summed E-state index contributed by atoms with van der Waals surface area (Å²) in [5, 5.41) is 2.98. The molecule has 0 fully saturated rings. The van der Waals surface area contributed by atoms with Gasteiger partial charge in [-0.05, 0) is 24.5 Å². The highest BCUT2D eigenvalue weighted by Gasteiger charge is 2.17. The van der Waals surface area contributed by atoms with Crippen molar-refractivity contribution < 1.29 is 9.21 Å². The fourth-order valence-electron chi connectivity index (χ4n) is 1.59. The van der Waals surface area contributed by atoms with E-state index in [2.05, 4.69) is 26.1 Å². The van der Waals surface area contributed by atoms with Gasteiger partial charge < -0.3 is 9.73 Å². The molecule has 3 heteroatoms. The van der Waals surface area contributed by atoms with Crippen molar-refractivity contribution in [3.05, 3.63) is 24.2 Å². The fourth-order valence-corrected chi connectivity index (χ4v) is 1.59. The van der Waals surface area contributed by atoms with Crippen LogP contribution < -0.4 is 5.32 Å². The molecule has 0 aliphatic heterocycles. The van der Waals surface area contributed by atoms with E-state index in [1.807, 2.05) is 19.1 Å². The monoisotopic (exact) mass is 223 g/mol. The van der Waals surface area contributed by atoms with Crippen molar-refractivity contribution in [1.29, 1.82) is 0 Å². The van der Waals surface area contributed by atoms with Crippen molar-refractivity contribution in [2.45, 2.75) is 46.6 Å². The number of hydrogen-bond donors (Lipinski definition) is 1. The summed E-state index contributed by atoms with van der Waals surface area (Å²) in [6.45, 7) is 8.17. The molecule has 1 heterocycles. The third-order valence-electron chi connectivity index (χ3n) is 2.19. The molecule has 0 saturated carbocycles. The summed E-state index contributed by atoms with van der Waals surface area (Å²) in [6.07, 6.45) is 2.94. The first-order valence-electron chi connectivity index (χ1n) is 5.68. The van der Waals surface area contributed by atoms with Crippen LogP contribution in [0.4, 0.5) is 0 Å². The van der Waals surface area contributed by atoms with Crippen LogP contribution in [0.25, 0.3) is 0 Å². The van der Waals surface area contributed by atoms with Gasteiger partial charge in [0.25, 0.3) is 0 Å². The molecule has 1 aromatic rings. The van der Waals surface area contributed by atoms with Crippen molar-refractivity contribution in [2.24, 2.45) is 5.41 Å². The first kappa shape index (κ1) is 12.8. The molecule has 1 N–H and O–H groups in total. The number of nitrogens with one attached hydrogen (secondary N) is 1. The Bertz CT molecular complexity index is 322. The molecule has 0 spiro atoms. The summed E-state index contributed by atoms with van der Waals surface area (Å²) in [6, 6.07) is 3.90. The molecule has 0 aromatic carbocycles. The van der Waals surface area contributed by atoms with E-state index in [1.54, 1.807) is 6.26 Å². The molecule has 0 saturated heterocycles. The second-order valence-corrected chi connectivity index (χ2v) is 5.49. The van der Waals surface area contributed by atoms with Crippen LogP contribution in [0.1, 0.15) is 39.9 Å². The van der Waals surface area contributed by atoms with Gasteiger partial charge in [0.1, 0.15) is 5.76 Å². The molecule has 0 bridgehead atoms. The lowest BCUT2D eigenvalue weighted by Gasteiger charge is -2.19. The summed E-state index contributed by atoms with van der Waals surface area (Å²) in [5.41, 5.74) is 0.0362. The molecule has 3 nitrogen and oxygen atoms in total. The van der Waals surface area contributed by atoms with Gasteiger partial charge in [-0.25, -0.2) is 0 Å². The lowest BCUT2D eigenvalue weighted by atomic mass is 9.92. The number of hydrogen-bond acceptors (Lipinski definition) is 2. The maximum Gasteiger partial charge on any atom is 0.220 e. The zero-order valence-corrected chi connectivity index (χ0v) is 10.5. The van der Waals surface area contributed by atoms with Gasteiger partial charge in [-0.15, -0.1) is 0 Å². The Morgan fingerprint density at radius 2 is 2.19 bits per heavy atom. The lowest BCUT2D eigenvalue weighted by Crippen LogP contribution is -2.35. The highest BCUT2D eigenvalue weighted by Crippen LogP contribution is 2.18. The zero-order valence-electron chi connectivity index (χ0n) is 10.5. The van der Waals surface area contributed by atoms with Crippen LogP contribution >= 0.6 is 0 Å². The Hall–Kier alpha value is -1.25. The van der Waals surface area contributed by atoms with E-state index in [9.17, 15) is 4.79 Å². The molecular formula is C13H21NO2.